The smallest absolute Gasteiger partial charge is 0.224 e. The van der Waals surface area contributed by atoms with Crippen LogP contribution in [-0.4, -0.2) is 11.9 Å². The molecule has 1 aromatic rings. The predicted molar refractivity (Wildman–Crippen MR) is 84.1 cm³/mol. The minimum Gasteiger partial charge on any atom is -0.353 e. The molecule has 1 N–H and O–H groups in total. The molecule has 2 nitrogen and oxygen atoms in total. The Morgan fingerprint density at radius 2 is 1.95 bits per heavy atom. The predicted octanol–water partition coefficient (Wildman–Crippen LogP) is 3.82. The summed E-state index contributed by atoms with van der Waals surface area (Å²) >= 11 is 6.14. The zero-order chi connectivity index (χ0) is 14.4. The molecule has 112 valence electrons. The van der Waals surface area contributed by atoms with Crippen molar-refractivity contribution >= 4 is 17.5 Å². The first-order valence-corrected chi connectivity index (χ1v) is 8.63. The summed E-state index contributed by atoms with van der Waals surface area (Å²) in [5.74, 6) is 3.64. The van der Waals surface area contributed by atoms with E-state index in [1.165, 1.54) is 32.1 Å². The van der Waals surface area contributed by atoms with E-state index in [0.717, 1.165) is 29.2 Å². The molecule has 0 saturated heterocycles. The average Bonchev–Trinajstić information content (AvgIpc) is 3.13. The summed E-state index contributed by atoms with van der Waals surface area (Å²) in [6.07, 6.45) is 7.20. The van der Waals surface area contributed by atoms with Crippen molar-refractivity contribution in [3.63, 3.8) is 0 Å². The molecule has 0 heterocycles. The van der Waals surface area contributed by atoms with Crippen LogP contribution in [0.2, 0.25) is 5.02 Å². The van der Waals surface area contributed by atoms with Crippen LogP contribution in [0.15, 0.2) is 24.3 Å². The molecular formula is C18H22ClNO. The summed E-state index contributed by atoms with van der Waals surface area (Å²) in [5, 5.41) is 3.99. The Morgan fingerprint density at radius 1 is 1.14 bits per heavy atom. The molecule has 0 radical (unpaired) electrons. The highest BCUT2D eigenvalue weighted by Gasteiger charge is 2.53. The van der Waals surface area contributed by atoms with Gasteiger partial charge in [-0.3, -0.25) is 4.79 Å². The second-order valence-corrected chi connectivity index (χ2v) is 7.50. The normalized spacial score (nSPS) is 36.7. The lowest BCUT2D eigenvalue weighted by Crippen LogP contribution is -2.43. The molecule has 1 aromatic carbocycles. The first-order valence-electron chi connectivity index (χ1n) is 8.25. The van der Waals surface area contributed by atoms with Gasteiger partial charge in [0.05, 0.1) is 6.42 Å². The lowest BCUT2D eigenvalue weighted by Gasteiger charge is -2.32. The summed E-state index contributed by atoms with van der Waals surface area (Å²) in [7, 11) is 0. The molecule has 3 aliphatic carbocycles. The van der Waals surface area contributed by atoms with Crippen LogP contribution in [0.3, 0.4) is 0 Å². The molecule has 3 saturated carbocycles. The number of carbonyl (C=O) groups excluding carboxylic acids is 1. The standard InChI is InChI=1S/C18H22ClNO/c19-16-7-2-1-4-11(16)10-18(21)20-17-9-12-8-15(17)14-6-3-5-13(12)14/h1-2,4,7,12-15,17H,3,5-6,8-10H2,(H,20,21). The van der Waals surface area contributed by atoms with E-state index in [-0.39, 0.29) is 5.91 Å². The Bertz CT molecular complexity index is 558. The molecule has 3 fully saturated rings. The van der Waals surface area contributed by atoms with E-state index in [4.69, 9.17) is 11.6 Å². The van der Waals surface area contributed by atoms with Crippen molar-refractivity contribution in [2.24, 2.45) is 23.7 Å². The number of hydrogen-bond acceptors (Lipinski definition) is 1. The van der Waals surface area contributed by atoms with Gasteiger partial charge in [-0.05, 0) is 61.0 Å². The number of fused-ring (bicyclic) bond motifs is 5. The van der Waals surface area contributed by atoms with Gasteiger partial charge >= 0.3 is 0 Å². The van der Waals surface area contributed by atoms with Crippen molar-refractivity contribution in [3.05, 3.63) is 34.9 Å². The zero-order valence-electron chi connectivity index (χ0n) is 12.2. The summed E-state index contributed by atoms with van der Waals surface area (Å²) in [6, 6.07) is 8.06. The van der Waals surface area contributed by atoms with Crippen molar-refractivity contribution in [2.75, 3.05) is 0 Å². The molecule has 21 heavy (non-hydrogen) atoms. The maximum atomic E-state index is 12.3. The topological polar surface area (TPSA) is 29.1 Å². The van der Waals surface area contributed by atoms with Gasteiger partial charge in [-0.1, -0.05) is 36.2 Å². The second kappa shape index (κ2) is 5.31. The maximum absolute atomic E-state index is 12.3. The lowest BCUT2D eigenvalue weighted by atomic mass is 9.79. The molecule has 3 heteroatoms. The van der Waals surface area contributed by atoms with E-state index in [9.17, 15) is 4.79 Å². The fraction of sp³-hybridized carbons (Fsp3) is 0.611. The number of carbonyl (C=O) groups is 1. The van der Waals surface area contributed by atoms with E-state index in [1.807, 2.05) is 24.3 Å². The van der Waals surface area contributed by atoms with E-state index in [0.29, 0.717) is 17.5 Å². The minimum absolute atomic E-state index is 0.134. The highest BCUT2D eigenvalue weighted by Crippen LogP contribution is 2.58. The molecule has 0 aliphatic heterocycles. The second-order valence-electron chi connectivity index (χ2n) is 7.10. The van der Waals surface area contributed by atoms with Gasteiger partial charge in [-0.25, -0.2) is 0 Å². The number of hydrogen-bond donors (Lipinski definition) is 1. The highest BCUT2D eigenvalue weighted by atomic mass is 35.5. The Hall–Kier alpha value is -1.02. The summed E-state index contributed by atoms with van der Waals surface area (Å²) in [4.78, 5) is 12.3. The molecule has 4 rings (SSSR count). The zero-order valence-corrected chi connectivity index (χ0v) is 13.0. The van der Waals surface area contributed by atoms with Crippen LogP contribution < -0.4 is 5.32 Å². The van der Waals surface area contributed by atoms with Gasteiger partial charge in [0.2, 0.25) is 5.91 Å². The van der Waals surface area contributed by atoms with Crippen molar-refractivity contribution < 1.29 is 4.79 Å². The summed E-state index contributed by atoms with van der Waals surface area (Å²) in [6.45, 7) is 0. The van der Waals surface area contributed by atoms with E-state index < -0.39 is 0 Å². The Morgan fingerprint density at radius 3 is 2.81 bits per heavy atom. The van der Waals surface area contributed by atoms with Crippen molar-refractivity contribution in [2.45, 2.75) is 44.6 Å². The molecule has 5 atom stereocenters. The molecule has 0 aromatic heterocycles. The van der Waals surface area contributed by atoms with E-state index in [2.05, 4.69) is 5.32 Å². The fourth-order valence-corrected chi connectivity index (χ4v) is 5.51. The molecule has 2 bridgehead atoms. The van der Waals surface area contributed by atoms with Gasteiger partial charge in [-0.2, -0.15) is 0 Å². The first-order chi connectivity index (χ1) is 10.2. The molecule has 5 unspecified atom stereocenters. The van der Waals surface area contributed by atoms with Crippen molar-refractivity contribution in [3.8, 4) is 0 Å². The lowest BCUT2D eigenvalue weighted by molar-refractivity contribution is -0.121. The highest BCUT2D eigenvalue weighted by molar-refractivity contribution is 6.31. The van der Waals surface area contributed by atoms with E-state index >= 15 is 0 Å². The number of benzene rings is 1. The summed E-state index contributed by atoms with van der Waals surface area (Å²) in [5.41, 5.74) is 0.929. The summed E-state index contributed by atoms with van der Waals surface area (Å²) < 4.78 is 0. The van der Waals surface area contributed by atoms with Crippen LogP contribution in [0.25, 0.3) is 0 Å². The largest absolute Gasteiger partial charge is 0.353 e. The van der Waals surface area contributed by atoms with Crippen LogP contribution >= 0.6 is 11.6 Å². The third-order valence-electron chi connectivity index (χ3n) is 6.08. The fourth-order valence-electron chi connectivity index (χ4n) is 5.31. The van der Waals surface area contributed by atoms with Crippen molar-refractivity contribution in [1.29, 1.82) is 0 Å². The first kappa shape index (κ1) is 13.6. The number of nitrogens with one attached hydrogen (secondary N) is 1. The Balaban J connectivity index is 1.39. The average molecular weight is 304 g/mol. The van der Waals surface area contributed by atoms with Gasteiger partial charge in [0.15, 0.2) is 0 Å². The van der Waals surface area contributed by atoms with Gasteiger partial charge in [-0.15, -0.1) is 0 Å². The van der Waals surface area contributed by atoms with Crippen LogP contribution in [0.4, 0.5) is 0 Å². The molecule has 3 aliphatic rings. The molecule has 1 amide bonds. The van der Waals surface area contributed by atoms with Crippen LogP contribution in [0.5, 0.6) is 0 Å². The minimum atomic E-state index is 0.134. The quantitative estimate of drug-likeness (QED) is 0.903. The van der Waals surface area contributed by atoms with Crippen molar-refractivity contribution in [1.82, 2.24) is 5.32 Å². The number of amides is 1. The number of rotatable bonds is 3. The maximum Gasteiger partial charge on any atom is 0.224 e. The van der Waals surface area contributed by atoms with Gasteiger partial charge in [0, 0.05) is 11.1 Å². The Labute approximate surface area is 131 Å². The van der Waals surface area contributed by atoms with Crippen LogP contribution in [0, 0.1) is 23.7 Å². The molecular weight excluding hydrogens is 282 g/mol. The Kier molecular flexibility index (Phi) is 3.45. The SMILES string of the molecule is O=C(Cc1ccccc1Cl)NC1CC2CC1C1CCCC21. The third kappa shape index (κ3) is 2.38. The number of halogens is 1. The monoisotopic (exact) mass is 303 g/mol. The third-order valence-corrected chi connectivity index (χ3v) is 6.45. The van der Waals surface area contributed by atoms with Gasteiger partial charge < -0.3 is 5.32 Å². The molecule has 0 spiro atoms. The van der Waals surface area contributed by atoms with Gasteiger partial charge in [0.1, 0.15) is 0 Å². The van der Waals surface area contributed by atoms with Gasteiger partial charge in [0.25, 0.3) is 0 Å². The van der Waals surface area contributed by atoms with E-state index in [1.54, 1.807) is 0 Å². The van der Waals surface area contributed by atoms with Crippen LogP contribution in [0.1, 0.15) is 37.7 Å². The van der Waals surface area contributed by atoms with Crippen LogP contribution in [-0.2, 0) is 11.2 Å².